The predicted molar refractivity (Wildman–Crippen MR) is 95.1 cm³/mol. The van der Waals surface area contributed by atoms with Crippen LogP contribution in [-0.4, -0.2) is 31.8 Å². The minimum Gasteiger partial charge on any atom is -0.370 e. The number of nitrogens with one attached hydrogen (secondary N) is 1. The minimum atomic E-state index is -3.81. The largest absolute Gasteiger partial charge is 0.370 e. The van der Waals surface area contributed by atoms with Crippen LogP contribution in [0.1, 0.15) is 19.3 Å². The van der Waals surface area contributed by atoms with Gasteiger partial charge >= 0.3 is 0 Å². The van der Waals surface area contributed by atoms with Crippen LogP contribution in [0.3, 0.4) is 0 Å². The summed E-state index contributed by atoms with van der Waals surface area (Å²) in [5, 5.41) is 7.43. The first-order valence-corrected chi connectivity index (χ1v) is 9.71. The Morgan fingerprint density at radius 2 is 1.76 bits per heavy atom. The normalized spacial score (nSPS) is 15.4. The fourth-order valence-corrected chi connectivity index (χ4v) is 4.39. The lowest BCUT2D eigenvalue weighted by molar-refractivity contribution is 0.315. The van der Waals surface area contributed by atoms with Crippen LogP contribution in [-0.2, 0) is 10.0 Å². The molecule has 2 heterocycles. The molecular formula is C17H18N4O3S. The molecule has 25 heavy (non-hydrogen) atoms. The van der Waals surface area contributed by atoms with E-state index in [4.69, 9.17) is 0 Å². The van der Waals surface area contributed by atoms with Crippen molar-refractivity contribution in [2.45, 2.75) is 24.2 Å². The molecule has 7 nitrogen and oxygen atoms in total. The molecule has 1 saturated heterocycles. The number of hydrogen-bond acceptors (Lipinski definition) is 6. The molecule has 0 aliphatic carbocycles. The number of nitrogens with zero attached hydrogens (tertiary/aromatic N) is 3. The number of piperidine rings is 1. The van der Waals surface area contributed by atoms with E-state index >= 15 is 0 Å². The Morgan fingerprint density at radius 3 is 2.60 bits per heavy atom. The van der Waals surface area contributed by atoms with Crippen molar-refractivity contribution in [2.24, 2.45) is 0 Å². The average molecular weight is 358 g/mol. The molecule has 1 aromatic heterocycles. The molecule has 1 fully saturated rings. The second-order valence-corrected chi connectivity index (χ2v) is 7.71. The molecule has 0 radical (unpaired) electrons. The van der Waals surface area contributed by atoms with Crippen molar-refractivity contribution < 1.29 is 13.0 Å². The third-order valence-electron chi connectivity index (χ3n) is 4.38. The van der Waals surface area contributed by atoms with Gasteiger partial charge in [-0.3, -0.25) is 4.72 Å². The Hall–Kier alpha value is -2.61. The maximum absolute atomic E-state index is 12.9. The van der Waals surface area contributed by atoms with Crippen LogP contribution in [0.15, 0.2) is 52.0 Å². The Bertz CT molecular complexity index is 994. The van der Waals surface area contributed by atoms with Gasteiger partial charge in [-0.2, -0.15) is 0 Å². The van der Waals surface area contributed by atoms with Gasteiger partial charge in [0.05, 0.1) is 11.4 Å². The maximum atomic E-state index is 12.9. The first-order valence-electron chi connectivity index (χ1n) is 8.23. The molecule has 3 aromatic rings. The van der Waals surface area contributed by atoms with Crippen molar-refractivity contribution in [3.63, 3.8) is 0 Å². The second kappa shape index (κ2) is 6.36. The average Bonchev–Trinajstić information content (AvgIpc) is 3.11. The van der Waals surface area contributed by atoms with E-state index in [0.717, 1.165) is 31.6 Å². The van der Waals surface area contributed by atoms with E-state index in [9.17, 15) is 8.42 Å². The number of fused-ring (bicyclic) bond motifs is 1. The topological polar surface area (TPSA) is 88.3 Å². The van der Waals surface area contributed by atoms with Crippen molar-refractivity contribution in [2.75, 3.05) is 22.7 Å². The monoisotopic (exact) mass is 358 g/mol. The summed E-state index contributed by atoms with van der Waals surface area (Å²) >= 11 is 0. The molecule has 130 valence electrons. The molecular weight excluding hydrogens is 340 g/mol. The number of sulfonamides is 1. The SMILES string of the molecule is O=S(=O)(Nc1ccccc1N1CCCCC1)c1cccc2nonc12. The van der Waals surface area contributed by atoms with Gasteiger partial charge in [0.2, 0.25) is 0 Å². The number of hydrogen-bond donors (Lipinski definition) is 1. The van der Waals surface area contributed by atoms with Gasteiger partial charge in [-0.1, -0.05) is 18.2 Å². The molecule has 8 heteroatoms. The summed E-state index contributed by atoms with van der Waals surface area (Å²) in [4.78, 5) is 2.28. The molecule has 1 aliphatic rings. The Kier molecular flexibility index (Phi) is 4.04. The zero-order chi connectivity index (χ0) is 17.3. The lowest BCUT2D eigenvalue weighted by Crippen LogP contribution is -2.30. The zero-order valence-corrected chi connectivity index (χ0v) is 14.4. The van der Waals surface area contributed by atoms with Gasteiger partial charge < -0.3 is 4.90 Å². The molecule has 0 saturated carbocycles. The quantitative estimate of drug-likeness (QED) is 0.771. The fourth-order valence-electron chi connectivity index (χ4n) is 3.17. The van der Waals surface area contributed by atoms with Crippen LogP contribution >= 0.6 is 0 Å². The number of anilines is 2. The van der Waals surface area contributed by atoms with Crippen LogP contribution in [0.2, 0.25) is 0 Å². The highest BCUT2D eigenvalue weighted by molar-refractivity contribution is 7.93. The Morgan fingerprint density at radius 1 is 0.960 bits per heavy atom. The molecule has 2 aromatic carbocycles. The summed E-state index contributed by atoms with van der Waals surface area (Å²) in [6.07, 6.45) is 3.45. The highest BCUT2D eigenvalue weighted by Gasteiger charge is 2.23. The van der Waals surface area contributed by atoms with Crippen LogP contribution in [0.4, 0.5) is 11.4 Å². The predicted octanol–water partition coefficient (Wildman–Crippen LogP) is 3.01. The smallest absolute Gasteiger partial charge is 0.264 e. The van der Waals surface area contributed by atoms with Crippen molar-refractivity contribution in [3.05, 3.63) is 42.5 Å². The van der Waals surface area contributed by atoms with Crippen molar-refractivity contribution in [3.8, 4) is 0 Å². The van der Waals surface area contributed by atoms with Gasteiger partial charge in [0.1, 0.15) is 10.4 Å². The second-order valence-electron chi connectivity index (χ2n) is 6.06. The summed E-state index contributed by atoms with van der Waals surface area (Å²) in [5.41, 5.74) is 2.10. The minimum absolute atomic E-state index is 0.0553. The molecule has 0 bridgehead atoms. The van der Waals surface area contributed by atoms with Crippen LogP contribution in [0.5, 0.6) is 0 Å². The third kappa shape index (κ3) is 3.05. The zero-order valence-electron chi connectivity index (χ0n) is 13.6. The van der Waals surface area contributed by atoms with Crippen molar-refractivity contribution in [1.82, 2.24) is 10.3 Å². The van der Waals surface area contributed by atoms with Gasteiger partial charge in [0.25, 0.3) is 10.0 Å². The molecule has 0 atom stereocenters. The lowest BCUT2D eigenvalue weighted by Gasteiger charge is -2.30. The number of para-hydroxylation sites is 2. The van der Waals surface area contributed by atoms with Crippen molar-refractivity contribution in [1.29, 1.82) is 0 Å². The lowest BCUT2D eigenvalue weighted by atomic mass is 10.1. The summed E-state index contributed by atoms with van der Waals surface area (Å²) in [6.45, 7) is 1.86. The number of aromatic nitrogens is 2. The summed E-state index contributed by atoms with van der Waals surface area (Å²) in [6, 6.07) is 12.3. The van der Waals surface area contributed by atoms with Gasteiger partial charge in [0, 0.05) is 13.1 Å². The van der Waals surface area contributed by atoms with E-state index < -0.39 is 10.0 Å². The van der Waals surface area contributed by atoms with Gasteiger partial charge in [-0.15, -0.1) is 0 Å². The number of benzene rings is 2. The molecule has 1 aliphatic heterocycles. The Labute approximate surface area is 145 Å². The molecule has 1 N–H and O–H groups in total. The van der Waals surface area contributed by atoms with E-state index in [-0.39, 0.29) is 10.4 Å². The van der Waals surface area contributed by atoms with E-state index in [1.807, 2.05) is 18.2 Å². The fraction of sp³-hybridized carbons (Fsp3) is 0.294. The van der Waals surface area contributed by atoms with Gasteiger partial charge in [-0.25, -0.2) is 13.0 Å². The van der Waals surface area contributed by atoms with E-state index in [1.165, 1.54) is 12.5 Å². The highest BCUT2D eigenvalue weighted by Crippen LogP contribution is 2.31. The Balaban J connectivity index is 1.71. The van der Waals surface area contributed by atoms with E-state index in [0.29, 0.717) is 11.2 Å². The van der Waals surface area contributed by atoms with Crippen LogP contribution in [0, 0.1) is 0 Å². The highest BCUT2D eigenvalue weighted by atomic mass is 32.2. The third-order valence-corrected chi connectivity index (χ3v) is 5.78. The van der Waals surface area contributed by atoms with Crippen LogP contribution in [0.25, 0.3) is 11.0 Å². The molecule has 0 spiro atoms. The van der Waals surface area contributed by atoms with E-state index in [1.54, 1.807) is 18.2 Å². The summed E-state index contributed by atoms with van der Waals surface area (Å²) in [5.74, 6) is 0. The summed E-state index contributed by atoms with van der Waals surface area (Å²) in [7, 11) is -3.81. The molecule has 0 amide bonds. The van der Waals surface area contributed by atoms with Gasteiger partial charge in [0.15, 0.2) is 5.52 Å². The van der Waals surface area contributed by atoms with E-state index in [2.05, 4.69) is 24.6 Å². The first-order chi connectivity index (χ1) is 12.1. The molecule has 4 rings (SSSR count). The van der Waals surface area contributed by atoms with Crippen LogP contribution < -0.4 is 9.62 Å². The first kappa shape index (κ1) is 15.9. The number of rotatable bonds is 4. The standard InChI is InChI=1S/C17H18N4O3S/c22-25(23,16-10-6-8-14-17(16)19-24-18-14)20-13-7-2-3-9-15(13)21-11-4-1-5-12-21/h2-3,6-10,20H,1,4-5,11-12H2. The molecule has 0 unspecified atom stereocenters. The van der Waals surface area contributed by atoms with Gasteiger partial charge in [-0.05, 0) is 53.8 Å². The van der Waals surface area contributed by atoms with Crippen molar-refractivity contribution >= 4 is 32.4 Å². The maximum Gasteiger partial charge on any atom is 0.264 e. The summed E-state index contributed by atoms with van der Waals surface area (Å²) < 4.78 is 33.2.